The van der Waals surface area contributed by atoms with Crippen molar-refractivity contribution >= 4 is 5.91 Å². The smallest absolute Gasteiger partial charge is 0.220 e. The lowest BCUT2D eigenvalue weighted by Gasteiger charge is -2.28. The summed E-state index contributed by atoms with van der Waals surface area (Å²) in [7, 11) is 0. The highest BCUT2D eigenvalue weighted by Crippen LogP contribution is 2.04. The van der Waals surface area contributed by atoms with Gasteiger partial charge in [0, 0.05) is 32.6 Å². The number of β-amino-alcohol motifs (C(OH)–C–C–N with tert-alkyl or cyclic N) is 1. The number of carbonyl (C=O) groups is 1. The third kappa shape index (κ3) is 6.56. The molecular weight excluding hydrogens is 280 g/mol. The predicted octanol–water partition coefficient (Wildman–Crippen LogP) is 0.819. The van der Waals surface area contributed by atoms with Gasteiger partial charge in [0.15, 0.2) is 0 Å². The van der Waals surface area contributed by atoms with Gasteiger partial charge in [-0.1, -0.05) is 30.3 Å². The number of amides is 1. The highest BCUT2D eigenvalue weighted by molar-refractivity contribution is 5.75. The van der Waals surface area contributed by atoms with Crippen molar-refractivity contribution in [2.24, 2.45) is 0 Å². The Morgan fingerprint density at radius 1 is 1.27 bits per heavy atom. The summed E-state index contributed by atoms with van der Waals surface area (Å²) >= 11 is 0. The van der Waals surface area contributed by atoms with Crippen LogP contribution in [-0.2, 0) is 16.0 Å². The largest absolute Gasteiger partial charge is 0.390 e. The van der Waals surface area contributed by atoms with Crippen molar-refractivity contribution < 1.29 is 14.6 Å². The zero-order valence-corrected chi connectivity index (χ0v) is 13.0. The average Bonchev–Trinajstić information content (AvgIpc) is 2.55. The van der Waals surface area contributed by atoms with Gasteiger partial charge in [-0.25, -0.2) is 0 Å². The number of hydrogen-bond acceptors (Lipinski definition) is 4. The van der Waals surface area contributed by atoms with E-state index >= 15 is 0 Å². The number of rotatable bonds is 8. The Labute approximate surface area is 132 Å². The number of carbonyl (C=O) groups excluding carboxylic acids is 1. The quantitative estimate of drug-likeness (QED) is 0.746. The summed E-state index contributed by atoms with van der Waals surface area (Å²) in [4.78, 5) is 13.9. The topological polar surface area (TPSA) is 61.8 Å². The van der Waals surface area contributed by atoms with Crippen LogP contribution in [0.1, 0.15) is 18.4 Å². The minimum atomic E-state index is -0.517. The highest BCUT2D eigenvalue weighted by atomic mass is 16.5. The van der Waals surface area contributed by atoms with Crippen LogP contribution in [0.25, 0.3) is 0 Å². The fourth-order valence-corrected chi connectivity index (χ4v) is 2.56. The van der Waals surface area contributed by atoms with Gasteiger partial charge in [0.1, 0.15) is 0 Å². The minimum Gasteiger partial charge on any atom is -0.390 e. The third-order valence-corrected chi connectivity index (χ3v) is 3.82. The van der Waals surface area contributed by atoms with Gasteiger partial charge in [0.25, 0.3) is 0 Å². The first-order chi connectivity index (χ1) is 10.7. The van der Waals surface area contributed by atoms with E-state index in [0.29, 0.717) is 19.5 Å². The summed E-state index contributed by atoms with van der Waals surface area (Å²) < 4.78 is 5.27. The van der Waals surface area contributed by atoms with Crippen LogP contribution in [0.3, 0.4) is 0 Å². The number of nitrogens with one attached hydrogen (secondary N) is 1. The molecule has 0 aromatic heterocycles. The molecule has 22 heavy (non-hydrogen) atoms. The van der Waals surface area contributed by atoms with Crippen molar-refractivity contribution in [1.82, 2.24) is 10.2 Å². The van der Waals surface area contributed by atoms with E-state index in [-0.39, 0.29) is 5.91 Å². The first-order valence-corrected chi connectivity index (χ1v) is 8.03. The molecule has 5 nitrogen and oxygen atoms in total. The van der Waals surface area contributed by atoms with Crippen molar-refractivity contribution in [2.45, 2.75) is 25.4 Å². The van der Waals surface area contributed by atoms with Gasteiger partial charge in [-0.15, -0.1) is 0 Å². The second kappa shape index (κ2) is 9.56. The molecule has 5 heteroatoms. The summed E-state index contributed by atoms with van der Waals surface area (Å²) in [6.45, 7) is 4.05. The molecule has 1 atom stereocenters. The molecule has 1 saturated heterocycles. The molecule has 2 rings (SSSR count). The highest BCUT2D eigenvalue weighted by Gasteiger charge is 2.15. The summed E-state index contributed by atoms with van der Waals surface area (Å²) in [5.41, 5.74) is 1.25. The first-order valence-electron chi connectivity index (χ1n) is 8.03. The maximum absolute atomic E-state index is 11.8. The summed E-state index contributed by atoms with van der Waals surface area (Å²) in [6, 6.07) is 10.2. The summed E-state index contributed by atoms with van der Waals surface area (Å²) in [6.07, 6.45) is 1.72. The molecule has 0 bridgehead atoms. The van der Waals surface area contributed by atoms with Crippen LogP contribution in [0.2, 0.25) is 0 Å². The van der Waals surface area contributed by atoms with Crippen molar-refractivity contribution in [3.63, 3.8) is 0 Å². The number of aliphatic hydroxyl groups excluding tert-OH is 1. The van der Waals surface area contributed by atoms with Gasteiger partial charge < -0.3 is 15.2 Å². The normalized spacial score (nSPS) is 17.1. The van der Waals surface area contributed by atoms with Crippen molar-refractivity contribution in [1.29, 1.82) is 0 Å². The lowest BCUT2D eigenvalue weighted by Crippen LogP contribution is -2.44. The minimum absolute atomic E-state index is 0.0111. The van der Waals surface area contributed by atoms with E-state index in [4.69, 9.17) is 4.74 Å². The second-order valence-electron chi connectivity index (χ2n) is 5.71. The van der Waals surface area contributed by atoms with Crippen LogP contribution in [0, 0.1) is 0 Å². The van der Waals surface area contributed by atoms with Crippen LogP contribution >= 0.6 is 0 Å². The number of aliphatic hydroxyl groups is 1. The van der Waals surface area contributed by atoms with Gasteiger partial charge in [-0.3, -0.25) is 9.69 Å². The molecule has 1 amide bonds. The third-order valence-electron chi connectivity index (χ3n) is 3.82. The lowest BCUT2D eigenvalue weighted by molar-refractivity contribution is -0.121. The van der Waals surface area contributed by atoms with Crippen LogP contribution in [-0.4, -0.2) is 61.4 Å². The molecule has 0 saturated carbocycles. The van der Waals surface area contributed by atoms with Gasteiger partial charge in [-0.05, 0) is 18.4 Å². The Kier molecular flexibility index (Phi) is 7.36. The van der Waals surface area contributed by atoms with E-state index in [0.717, 1.165) is 39.1 Å². The molecule has 0 spiro atoms. The predicted molar refractivity (Wildman–Crippen MR) is 85.7 cm³/mol. The fraction of sp³-hybridized carbons (Fsp3) is 0.588. The molecule has 1 heterocycles. The molecule has 2 N–H and O–H groups in total. The molecule has 1 aliphatic heterocycles. The van der Waals surface area contributed by atoms with Crippen LogP contribution in [0.15, 0.2) is 30.3 Å². The van der Waals surface area contributed by atoms with Gasteiger partial charge >= 0.3 is 0 Å². The molecule has 1 unspecified atom stereocenters. The molecule has 1 aromatic carbocycles. The average molecular weight is 306 g/mol. The van der Waals surface area contributed by atoms with Gasteiger partial charge in [0.2, 0.25) is 5.91 Å². The van der Waals surface area contributed by atoms with Crippen LogP contribution in [0.4, 0.5) is 0 Å². The maximum Gasteiger partial charge on any atom is 0.220 e. The van der Waals surface area contributed by atoms with E-state index in [1.54, 1.807) is 0 Å². The monoisotopic (exact) mass is 306 g/mol. The maximum atomic E-state index is 11.8. The van der Waals surface area contributed by atoms with E-state index in [2.05, 4.69) is 22.3 Å². The molecular formula is C17H26N2O3. The Balaban J connectivity index is 1.54. The van der Waals surface area contributed by atoms with E-state index in [1.807, 2.05) is 18.2 Å². The van der Waals surface area contributed by atoms with Crippen molar-refractivity contribution in [3.8, 4) is 0 Å². The molecule has 0 aliphatic carbocycles. The second-order valence-corrected chi connectivity index (χ2v) is 5.71. The van der Waals surface area contributed by atoms with Crippen LogP contribution < -0.4 is 5.32 Å². The Bertz CT molecular complexity index is 433. The molecule has 0 radical (unpaired) electrons. The number of ether oxygens (including phenoxy) is 1. The summed E-state index contributed by atoms with van der Waals surface area (Å²) in [5, 5.41) is 12.8. The first kappa shape index (κ1) is 16.9. The Morgan fingerprint density at radius 3 is 2.73 bits per heavy atom. The zero-order valence-electron chi connectivity index (χ0n) is 13.0. The van der Waals surface area contributed by atoms with E-state index in [1.165, 1.54) is 5.56 Å². The number of aryl methyl sites for hydroxylation is 1. The van der Waals surface area contributed by atoms with Gasteiger partial charge in [0.05, 0.1) is 19.3 Å². The Morgan fingerprint density at radius 2 is 2.00 bits per heavy atom. The van der Waals surface area contributed by atoms with Crippen LogP contribution in [0.5, 0.6) is 0 Å². The number of nitrogens with zero attached hydrogens (tertiary/aromatic N) is 1. The number of morpholine rings is 1. The molecule has 1 aromatic rings. The lowest BCUT2D eigenvalue weighted by atomic mass is 10.1. The zero-order chi connectivity index (χ0) is 15.6. The SMILES string of the molecule is O=C(CCCc1ccccc1)NCC(O)CN1CCOCC1. The molecule has 1 aliphatic rings. The number of hydrogen-bond donors (Lipinski definition) is 2. The van der Waals surface area contributed by atoms with E-state index in [9.17, 15) is 9.90 Å². The van der Waals surface area contributed by atoms with E-state index < -0.39 is 6.10 Å². The van der Waals surface area contributed by atoms with Crippen molar-refractivity contribution in [3.05, 3.63) is 35.9 Å². The fourth-order valence-electron chi connectivity index (χ4n) is 2.56. The molecule has 122 valence electrons. The van der Waals surface area contributed by atoms with Gasteiger partial charge in [-0.2, -0.15) is 0 Å². The number of benzene rings is 1. The van der Waals surface area contributed by atoms with Crippen molar-refractivity contribution in [2.75, 3.05) is 39.4 Å². The molecule has 1 fully saturated rings. The summed E-state index contributed by atoms with van der Waals surface area (Å²) in [5.74, 6) is 0.0111. The standard InChI is InChI=1S/C17H26N2O3/c20-16(14-19-9-11-22-12-10-19)13-18-17(21)8-4-7-15-5-2-1-3-6-15/h1-3,5-6,16,20H,4,7-14H2,(H,18,21). The Hall–Kier alpha value is -1.43.